The van der Waals surface area contributed by atoms with Crippen molar-refractivity contribution in [3.05, 3.63) is 35.2 Å². The van der Waals surface area contributed by atoms with E-state index in [4.69, 9.17) is 5.73 Å². The predicted molar refractivity (Wildman–Crippen MR) is 58.1 cm³/mol. The van der Waals surface area contributed by atoms with Gasteiger partial charge in [-0.3, -0.25) is 0 Å². The number of hydrogen-bond acceptors (Lipinski definition) is 1. The molecule has 1 aromatic heterocycles. The standard InChI is InChI=1S/C11H16N2/c1-4-6-10-11(9(12)5-2)8(3)7-13-10/h4-7,13H,12H2,1-3H3/b6-4-,9-5?. The Morgan fingerprint density at radius 3 is 2.69 bits per heavy atom. The van der Waals surface area contributed by atoms with E-state index >= 15 is 0 Å². The summed E-state index contributed by atoms with van der Waals surface area (Å²) in [5.74, 6) is 0. The minimum Gasteiger partial charge on any atom is -0.398 e. The van der Waals surface area contributed by atoms with Gasteiger partial charge in [-0.2, -0.15) is 0 Å². The number of rotatable bonds is 2. The molecule has 0 aliphatic rings. The van der Waals surface area contributed by atoms with Crippen LogP contribution in [0.15, 0.2) is 18.3 Å². The molecule has 0 radical (unpaired) electrons. The van der Waals surface area contributed by atoms with Gasteiger partial charge >= 0.3 is 0 Å². The van der Waals surface area contributed by atoms with E-state index in [2.05, 4.69) is 11.9 Å². The summed E-state index contributed by atoms with van der Waals surface area (Å²) in [6, 6.07) is 0. The summed E-state index contributed by atoms with van der Waals surface area (Å²) in [7, 11) is 0. The largest absolute Gasteiger partial charge is 0.398 e. The first-order valence-corrected chi connectivity index (χ1v) is 4.43. The van der Waals surface area contributed by atoms with E-state index in [9.17, 15) is 0 Å². The number of aromatic nitrogens is 1. The highest BCUT2D eigenvalue weighted by atomic mass is 14.7. The topological polar surface area (TPSA) is 41.8 Å². The van der Waals surface area contributed by atoms with Gasteiger partial charge in [-0.1, -0.05) is 12.2 Å². The molecule has 1 rings (SSSR count). The van der Waals surface area contributed by atoms with Gasteiger partial charge in [-0.25, -0.2) is 0 Å². The average molecular weight is 176 g/mol. The molecule has 0 spiro atoms. The van der Waals surface area contributed by atoms with Gasteiger partial charge in [0.2, 0.25) is 0 Å². The zero-order chi connectivity index (χ0) is 9.84. The number of hydrogen-bond donors (Lipinski definition) is 2. The summed E-state index contributed by atoms with van der Waals surface area (Å²) in [6.45, 7) is 5.99. The molecule has 0 bridgehead atoms. The lowest BCUT2D eigenvalue weighted by Gasteiger charge is -2.01. The fourth-order valence-electron chi connectivity index (χ4n) is 1.37. The second kappa shape index (κ2) is 3.99. The molecular formula is C11H16N2. The van der Waals surface area contributed by atoms with Crippen molar-refractivity contribution in [2.45, 2.75) is 20.8 Å². The van der Waals surface area contributed by atoms with Gasteiger partial charge in [0.1, 0.15) is 0 Å². The number of nitrogens with one attached hydrogen (secondary N) is 1. The molecule has 0 unspecified atom stereocenters. The van der Waals surface area contributed by atoms with Crippen LogP contribution in [0.1, 0.15) is 30.7 Å². The molecule has 0 aliphatic carbocycles. The molecule has 0 fully saturated rings. The third-order valence-corrected chi connectivity index (χ3v) is 2.04. The van der Waals surface area contributed by atoms with Gasteiger partial charge in [-0.15, -0.1) is 0 Å². The third kappa shape index (κ3) is 1.83. The molecule has 3 N–H and O–H groups in total. The van der Waals surface area contributed by atoms with E-state index in [1.165, 1.54) is 5.56 Å². The van der Waals surface area contributed by atoms with Crippen LogP contribution in [0.5, 0.6) is 0 Å². The van der Waals surface area contributed by atoms with E-state index in [1.54, 1.807) is 0 Å². The molecule has 2 heteroatoms. The Labute approximate surface area is 79.2 Å². The van der Waals surface area contributed by atoms with Crippen LogP contribution in [0, 0.1) is 6.92 Å². The first-order chi connectivity index (χ1) is 6.20. The molecule has 0 aliphatic heterocycles. The molecular weight excluding hydrogens is 160 g/mol. The van der Waals surface area contributed by atoms with Crippen molar-refractivity contribution in [1.82, 2.24) is 4.98 Å². The summed E-state index contributed by atoms with van der Waals surface area (Å²) in [4.78, 5) is 3.18. The number of H-pyrrole nitrogens is 1. The monoisotopic (exact) mass is 176 g/mol. The molecule has 0 saturated heterocycles. The maximum atomic E-state index is 5.88. The first kappa shape index (κ1) is 9.65. The molecule has 1 heterocycles. The fourth-order valence-corrected chi connectivity index (χ4v) is 1.37. The van der Waals surface area contributed by atoms with Crippen LogP contribution < -0.4 is 5.73 Å². The van der Waals surface area contributed by atoms with Crippen LogP contribution in [-0.4, -0.2) is 4.98 Å². The molecule has 2 nitrogen and oxygen atoms in total. The average Bonchev–Trinajstić information content (AvgIpc) is 2.47. The summed E-state index contributed by atoms with van der Waals surface area (Å²) >= 11 is 0. The zero-order valence-corrected chi connectivity index (χ0v) is 8.39. The van der Waals surface area contributed by atoms with E-state index in [0.717, 1.165) is 17.0 Å². The number of aryl methyl sites for hydroxylation is 1. The zero-order valence-electron chi connectivity index (χ0n) is 8.39. The minimum absolute atomic E-state index is 0.826. The Bertz CT molecular complexity index is 343. The second-order valence-corrected chi connectivity index (χ2v) is 3.00. The molecule has 0 amide bonds. The highest BCUT2D eigenvalue weighted by Gasteiger charge is 2.06. The van der Waals surface area contributed by atoms with Crippen LogP contribution in [-0.2, 0) is 0 Å². The Morgan fingerprint density at radius 1 is 1.46 bits per heavy atom. The summed E-state index contributed by atoms with van der Waals surface area (Å²) in [6.07, 6.45) is 7.92. The lowest BCUT2D eigenvalue weighted by Crippen LogP contribution is -1.97. The smallest absolute Gasteiger partial charge is 0.0474 e. The highest BCUT2D eigenvalue weighted by molar-refractivity contribution is 5.73. The van der Waals surface area contributed by atoms with Crippen molar-refractivity contribution in [2.75, 3.05) is 0 Å². The lowest BCUT2D eigenvalue weighted by molar-refractivity contribution is 1.35. The molecule has 70 valence electrons. The fraction of sp³-hybridized carbons (Fsp3) is 0.273. The van der Waals surface area contributed by atoms with Gasteiger partial charge in [0.25, 0.3) is 0 Å². The predicted octanol–water partition coefficient (Wildman–Crippen LogP) is 2.68. The quantitative estimate of drug-likeness (QED) is 0.714. The van der Waals surface area contributed by atoms with Crippen LogP contribution in [0.4, 0.5) is 0 Å². The van der Waals surface area contributed by atoms with Crippen molar-refractivity contribution in [3.63, 3.8) is 0 Å². The second-order valence-electron chi connectivity index (χ2n) is 3.00. The van der Waals surface area contributed by atoms with Gasteiger partial charge in [0.05, 0.1) is 0 Å². The van der Waals surface area contributed by atoms with Crippen LogP contribution in [0.2, 0.25) is 0 Å². The summed E-state index contributed by atoms with van der Waals surface area (Å²) in [5.41, 5.74) is 10.1. The first-order valence-electron chi connectivity index (χ1n) is 4.43. The van der Waals surface area contributed by atoms with Crippen LogP contribution >= 0.6 is 0 Å². The highest BCUT2D eigenvalue weighted by Crippen LogP contribution is 2.20. The maximum Gasteiger partial charge on any atom is 0.0474 e. The van der Waals surface area contributed by atoms with Gasteiger partial charge in [0, 0.05) is 23.2 Å². The van der Waals surface area contributed by atoms with E-state index in [1.807, 2.05) is 38.3 Å². The van der Waals surface area contributed by atoms with Gasteiger partial charge < -0.3 is 10.7 Å². The number of nitrogens with two attached hydrogens (primary N) is 1. The van der Waals surface area contributed by atoms with E-state index in [-0.39, 0.29) is 0 Å². The molecule has 0 atom stereocenters. The number of aromatic amines is 1. The molecule has 0 aromatic carbocycles. The normalized spacial score (nSPS) is 12.7. The van der Waals surface area contributed by atoms with Crippen molar-refractivity contribution in [3.8, 4) is 0 Å². The van der Waals surface area contributed by atoms with Crippen molar-refractivity contribution in [2.24, 2.45) is 5.73 Å². The number of allylic oxidation sites excluding steroid dienone is 2. The van der Waals surface area contributed by atoms with Crippen LogP contribution in [0.3, 0.4) is 0 Å². The van der Waals surface area contributed by atoms with E-state index < -0.39 is 0 Å². The Balaban J connectivity index is 3.23. The van der Waals surface area contributed by atoms with Crippen LogP contribution in [0.25, 0.3) is 11.8 Å². The Kier molecular flexibility index (Phi) is 2.96. The SMILES string of the molecule is CC=C(N)c1c(C)c[nH]c1/C=C\C. The van der Waals surface area contributed by atoms with Crippen molar-refractivity contribution in [1.29, 1.82) is 0 Å². The minimum atomic E-state index is 0.826. The Hall–Kier alpha value is -1.44. The Morgan fingerprint density at radius 2 is 2.15 bits per heavy atom. The summed E-state index contributed by atoms with van der Waals surface area (Å²) in [5, 5.41) is 0. The van der Waals surface area contributed by atoms with Gasteiger partial charge in [-0.05, 0) is 32.4 Å². The van der Waals surface area contributed by atoms with Gasteiger partial charge in [0.15, 0.2) is 0 Å². The summed E-state index contributed by atoms with van der Waals surface area (Å²) < 4.78 is 0. The van der Waals surface area contributed by atoms with Crippen molar-refractivity contribution < 1.29 is 0 Å². The maximum absolute atomic E-state index is 5.88. The third-order valence-electron chi connectivity index (χ3n) is 2.04. The van der Waals surface area contributed by atoms with E-state index in [0.29, 0.717) is 0 Å². The molecule has 1 aromatic rings. The lowest BCUT2D eigenvalue weighted by atomic mass is 10.1. The molecule has 0 saturated carbocycles. The van der Waals surface area contributed by atoms with Crippen molar-refractivity contribution >= 4 is 11.8 Å². The molecule has 13 heavy (non-hydrogen) atoms.